The Morgan fingerprint density at radius 2 is 1.77 bits per heavy atom. The molecule has 2 aliphatic heterocycles. The van der Waals surface area contributed by atoms with Crippen molar-refractivity contribution in [2.24, 2.45) is 4.99 Å². The smallest absolute Gasteiger partial charge is 0.317 e. The van der Waals surface area contributed by atoms with Crippen LogP contribution in [0.4, 0.5) is 17.4 Å². The number of benzene rings is 2. The Bertz CT molecular complexity index is 1540. The number of hydrogen-bond acceptors (Lipinski definition) is 9. The van der Waals surface area contributed by atoms with Crippen molar-refractivity contribution in [3.8, 4) is 11.6 Å². The lowest BCUT2D eigenvalue weighted by atomic mass is 10.0. The van der Waals surface area contributed by atoms with Gasteiger partial charge in [-0.25, -0.2) is 9.98 Å². The molecule has 10 nitrogen and oxygen atoms in total. The summed E-state index contributed by atoms with van der Waals surface area (Å²) in [7, 11) is 0. The van der Waals surface area contributed by atoms with E-state index in [9.17, 15) is 4.79 Å². The minimum atomic E-state index is -0.982. The van der Waals surface area contributed by atoms with Crippen molar-refractivity contribution < 1.29 is 13.9 Å². The molecule has 1 saturated carbocycles. The van der Waals surface area contributed by atoms with E-state index in [0.717, 1.165) is 29.9 Å². The molecule has 2 fully saturated rings. The molecule has 4 heterocycles. The molecule has 1 atom stereocenters. The van der Waals surface area contributed by atoms with E-state index in [1.807, 2.05) is 60.8 Å². The van der Waals surface area contributed by atoms with Crippen LogP contribution in [0.2, 0.25) is 0 Å². The second-order valence-electron chi connectivity index (χ2n) is 9.85. The summed E-state index contributed by atoms with van der Waals surface area (Å²) in [6, 6.07) is 19.7. The molecule has 0 radical (unpaired) electrons. The maximum atomic E-state index is 13.2. The predicted molar refractivity (Wildman–Crippen MR) is 147 cm³/mol. The number of nitrogens with zero attached hydrogens (tertiary/aromatic N) is 5. The average molecular weight is 522 g/mol. The fourth-order valence-electron chi connectivity index (χ4n) is 4.99. The number of benzodiazepines with no additional fused rings is 1. The fraction of sp³-hybridized carbons (Fsp3) is 0.276. The summed E-state index contributed by atoms with van der Waals surface area (Å²) in [6.07, 6.45) is 3.30. The molecule has 2 aromatic heterocycles. The number of fused-ring (bicyclic) bond motifs is 1. The summed E-state index contributed by atoms with van der Waals surface area (Å²) in [4.78, 5) is 25.0. The highest BCUT2D eigenvalue weighted by Crippen LogP contribution is 2.42. The highest BCUT2D eigenvalue weighted by Gasteiger charge is 2.30. The average Bonchev–Trinajstić information content (AvgIpc) is 3.76. The Morgan fingerprint density at radius 1 is 0.974 bits per heavy atom. The lowest BCUT2D eigenvalue weighted by molar-refractivity contribution is -0.116. The minimum Gasteiger partial charge on any atom is -0.402 e. The van der Waals surface area contributed by atoms with Crippen molar-refractivity contribution in [1.82, 2.24) is 15.2 Å². The first-order valence-corrected chi connectivity index (χ1v) is 13.2. The Balaban J connectivity index is 1.21. The monoisotopic (exact) mass is 521 g/mol. The first-order valence-electron chi connectivity index (χ1n) is 13.2. The molecular weight excluding hydrogens is 494 g/mol. The third-order valence-electron chi connectivity index (χ3n) is 7.17. The maximum absolute atomic E-state index is 13.2. The highest BCUT2D eigenvalue weighted by atomic mass is 16.5. The van der Waals surface area contributed by atoms with Gasteiger partial charge in [-0.1, -0.05) is 53.6 Å². The van der Waals surface area contributed by atoms with Crippen LogP contribution in [-0.2, 0) is 9.53 Å². The van der Waals surface area contributed by atoms with Crippen molar-refractivity contribution in [3.63, 3.8) is 0 Å². The van der Waals surface area contributed by atoms with Crippen molar-refractivity contribution >= 4 is 29.0 Å². The molecule has 3 aliphatic rings. The second-order valence-corrected chi connectivity index (χ2v) is 9.85. The zero-order valence-electron chi connectivity index (χ0n) is 21.2. The van der Waals surface area contributed by atoms with E-state index in [-0.39, 0.29) is 17.8 Å². The van der Waals surface area contributed by atoms with Crippen LogP contribution in [0.5, 0.6) is 0 Å². The van der Waals surface area contributed by atoms with Gasteiger partial charge in [0.1, 0.15) is 0 Å². The van der Waals surface area contributed by atoms with Gasteiger partial charge in [-0.15, -0.1) is 5.10 Å². The van der Waals surface area contributed by atoms with Crippen LogP contribution >= 0.6 is 0 Å². The van der Waals surface area contributed by atoms with Crippen molar-refractivity contribution in [3.05, 3.63) is 83.6 Å². The van der Waals surface area contributed by atoms with Gasteiger partial charge in [0.05, 0.1) is 30.3 Å². The lowest BCUT2D eigenvalue weighted by Gasteiger charge is -2.30. The minimum absolute atomic E-state index is 0.0910. The van der Waals surface area contributed by atoms with E-state index in [0.29, 0.717) is 36.2 Å². The van der Waals surface area contributed by atoms with Gasteiger partial charge in [-0.05, 0) is 36.5 Å². The molecule has 4 aromatic rings. The molecule has 1 saturated heterocycles. The normalized spacial score (nSPS) is 19.1. The zero-order valence-corrected chi connectivity index (χ0v) is 21.2. The van der Waals surface area contributed by atoms with Gasteiger partial charge in [-0.3, -0.25) is 4.79 Å². The van der Waals surface area contributed by atoms with E-state index in [1.54, 1.807) is 0 Å². The van der Waals surface area contributed by atoms with E-state index in [4.69, 9.17) is 19.1 Å². The standard InChI is InChI=1S/C29H27N7O3/c37-27-26(32-24(19-6-2-1-3-7-19)21-8-4-5-9-22(21)31-27)33-29-35-34-28(39-29)25-23(36-12-14-38-15-13-36)16-20(17-30-25)18-10-11-18/h1-9,16-18,26H,10-15H2,(H,31,37)(H,33,35)/t26-/m1/s1. The quantitative estimate of drug-likeness (QED) is 0.390. The molecule has 10 heteroatoms. The molecule has 1 aliphatic carbocycles. The van der Waals surface area contributed by atoms with Crippen LogP contribution < -0.4 is 15.5 Å². The highest BCUT2D eigenvalue weighted by molar-refractivity contribution is 6.19. The molecule has 0 spiro atoms. The van der Waals surface area contributed by atoms with Crippen LogP contribution in [0.25, 0.3) is 11.6 Å². The number of anilines is 3. The van der Waals surface area contributed by atoms with Crippen LogP contribution in [0, 0.1) is 0 Å². The number of rotatable bonds is 6. The largest absolute Gasteiger partial charge is 0.402 e. The Labute approximate surface area is 225 Å². The summed E-state index contributed by atoms with van der Waals surface area (Å²) in [5.74, 6) is 0.528. The zero-order chi connectivity index (χ0) is 26.2. The van der Waals surface area contributed by atoms with Crippen molar-refractivity contribution in [2.75, 3.05) is 41.8 Å². The molecule has 1 amide bonds. The molecule has 196 valence electrons. The Morgan fingerprint density at radius 3 is 2.59 bits per heavy atom. The number of carbonyl (C=O) groups is 1. The number of pyridine rings is 1. The van der Waals surface area contributed by atoms with Crippen LogP contribution in [0.3, 0.4) is 0 Å². The van der Waals surface area contributed by atoms with Gasteiger partial charge in [0, 0.05) is 30.4 Å². The molecule has 39 heavy (non-hydrogen) atoms. The number of aromatic nitrogens is 3. The van der Waals surface area contributed by atoms with E-state index < -0.39 is 6.17 Å². The number of para-hydroxylation sites is 1. The number of nitrogens with one attached hydrogen (secondary N) is 2. The number of amides is 1. The topological polar surface area (TPSA) is 118 Å². The number of morpholine rings is 1. The number of hydrogen-bond donors (Lipinski definition) is 2. The fourth-order valence-corrected chi connectivity index (χ4v) is 4.99. The Hall–Kier alpha value is -4.57. The van der Waals surface area contributed by atoms with Gasteiger partial charge in [0.25, 0.3) is 11.8 Å². The number of carbonyl (C=O) groups excluding carboxylic acids is 1. The van der Waals surface area contributed by atoms with Gasteiger partial charge >= 0.3 is 6.01 Å². The molecule has 2 N–H and O–H groups in total. The molecule has 0 unspecified atom stereocenters. The second kappa shape index (κ2) is 9.95. The van der Waals surface area contributed by atoms with Gasteiger partial charge < -0.3 is 24.7 Å². The van der Waals surface area contributed by atoms with E-state index in [2.05, 4.69) is 31.8 Å². The van der Waals surface area contributed by atoms with Crippen molar-refractivity contribution in [2.45, 2.75) is 24.9 Å². The number of ether oxygens (including phenoxy) is 1. The van der Waals surface area contributed by atoms with Gasteiger partial charge in [-0.2, -0.15) is 0 Å². The Kier molecular flexibility index (Phi) is 6.01. The maximum Gasteiger partial charge on any atom is 0.317 e. The third kappa shape index (κ3) is 4.74. The lowest BCUT2D eigenvalue weighted by Crippen LogP contribution is -2.36. The summed E-state index contributed by atoms with van der Waals surface area (Å²) < 4.78 is 11.6. The van der Waals surface area contributed by atoms with E-state index >= 15 is 0 Å². The molecule has 0 bridgehead atoms. The summed E-state index contributed by atoms with van der Waals surface area (Å²) in [5.41, 5.74) is 5.93. The molecule has 7 rings (SSSR count). The first kappa shape index (κ1) is 23.5. The predicted octanol–water partition coefficient (Wildman–Crippen LogP) is 4.07. The summed E-state index contributed by atoms with van der Waals surface area (Å²) in [5, 5.41) is 14.5. The SMILES string of the molecule is O=C1Nc2ccccc2C(c2ccccc2)=N[C@@H]1Nc1nnc(-c2ncc(C3CC3)cc2N2CCOCC2)o1. The third-order valence-corrected chi connectivity index (χ3v) is 7.17. The molecule has 2 aromatic carbocycles. The summed E-state index contributed by atoms with van der Waals surface area (Å²) >= 11 is 0. The van der Waals surface area contributed by atoms with E-state index in [1.165, 1.54) is 18.4 Å². The number of aliphatic imine (C=N–C) groups is 1. The van der Waals surface area contributed by atoms with Crippen molar-refractivity contribution in [1.29, 1.82) is 0 Å². The first-order chi connectivity index (χ1) is 19.2. The van der Waals surface area contributed by atoms with Crippen LogP contribution in [0.1, 0.15) is 35.4 Å². The summed E-state index contributed by atoms with van der Waals surface area (Å²) in [6.45, 7) is 2.85. The van der Waals surface area contributed by atoms with Gasteiger partial charge in [0.15, 0.2) is 5.69 Å². The molecular formula is C29H27N7O3. The van der Waals surface area contributed by atoms with Gasteiger partial charge in [0.2, 0.25) is 6.17 Å². The van der Waals surface area contributed by atoms with Crippen LogP contribution in [0.15, 0.2) is 76.3 Å². The van der Waals surface area contributed by atoms with Crippen LogP contribution in [-0.4, -0.2) is 59.3 Å².